The number of carbonyl (C=O) groups excluding carboxylic acids is 3. The number of rotatable bonds is 18. The first-order valence-electron chi connectivity index (χ1n) is 17.9. The second-order valence-electron chi connectivity index (χ2n) is 16.9. The summed E-state index contributed by atoms with van der Waals surface area (Å²) in [4.78, 5) is 38.3. The van der Waals surface area contributed by atoms with Crippen LogP contribution in [0.1, 0.15) is 152 Å². The van der Waals surface area contributed by atoms with Gasteiger partial charge >= 0.3 is 5.97 Å². The number of ketones is 1. The van der Waals surface area contributed by atoms with Crippen molar-refractivity contribution in [2.45, 2.75) is 164 Å². The van der Waals surface area contributed by atoms with Crippen LogP contribution in [0.2, 0.25) is 0 Å². The molecular weight excluding hydrogens is 560 g/mol. The van der Waals surface area contributed by atoms with E-state index in [2.05, 4.69) is 71.8 Å². The van der Waals surface area contributed by atoms with Crippen molar-refractivity contribution in [2.24, 2.45) is 28.1 Å². The third-order valence-corrected chi connectivity index (χ3v) is 10.7. The highest BCUT2D eigenvalue weighted by atomic mass is 16.5. The van der Waals surface area contributed by atoms with Crippen molar-refractivity contribution in [3.05, 3.63) is 24.6 Å². The van der Waals surface area contributed by atoms with Crippen LogP contribution in [0.4, 0.5) is 0 Å². The van der Waals surface area contributed by atoms with Crippen LogP contribution in [0.15, 0.2) is 24.6 Å². The summed E-state index contributed by atoms with van der Waals surface area (Å²) < 4.78 is 5.96. The van der Waals surface area contributed by atoms with Gasteiger partial charge in [0.15, 0.2) is 0 Å². The van der Waals surface area contributed by atoms with Gasteiger partial charge in [-0.05, 0) is 120 Å². The van der Waals surface area contributed by atoms with E-state index < -0.39 is 5.41 Å². The first-order chi connectivity index (χ1) is 20.9. The van der Waals surface area contributed by atoms with E-state index >= 15 is 0 Å². The molecule has 6 heteroatoms. The number of hydrogen-bond donors (Lipinski definition) is 1. The van der Waals surface area contributed by atoms with Crippen molar-refractivity contribution >= 4 is 18.0 Å². The highest BCUT2D eigenvalue weighted by Gasteiger charge is 2.47. The van der Waals surface area contributed by atoms with Crippen molar-refractivity contribution in [2.75, 3.05) is 13.2 Å². The molecule has 2 rings (SSSR count). The maximum Gasteiger partial charge on any atom is 0.312 e. The fourth-order valence-corrected chi connectivity index (χ4v) is 7.63. The second-order valence-corrected chi connectivity index (χ2v) is 16.9. The Morgan fingerprint density at radius 2 is 1.44 bits per heavy atom. The third-order valence-electron chi connectivity index (χ3n) is 10.7. The first-order valence-corrected chi connectivity index (χ1v) is 17.9. The number of Topliss-reactive ketones (excluding diaryl/α,β-unsaturated/α-hetero) is 1. The van der Waals surface area contributed by atoms with Crippen molar-refractivity contribution in [1.29, 1.82) is 0 Å². The van der Waals surface area contributed by atoms with Gasteiger partial charge in [-0.1, -0.05) is 54.7 Å². The largest absolute Gasteiger partial charge is 0.465 e. The zero-order chi connectivity index (χ0) is 33.8. The topological polar surface area (TPSA) is 75.7 Å². The zero-order valence-electron chi connectivity index (χ0n) is 30.4. The van der Waals surface area contributed by atoms with E-state index in [0.717, 1.165) is 68.2 Å². The van der Waals surface area contributed by atoms with Crippen LogP contribution in [0.5, 0.6) is 0 Å². The Kier molecular flexibility index (Phi) is 15.4. The van der Waals surface area contributed by atoms with Gasteiger partial charge in [0.25, 0.3) is 0 Å². The van der Waals surface area contributed by atoms with Gasteiger partial charge in [0.05, 0.1) is 12.0 Å². The second kappa shape index (κ2) is 17.7. The fraction of sp³-hybridized carbons (Fsp3) is 0.821. The summed E-state index contributed by atoms with van der Waals surface area (Å²) in [6, 6.07) is 0.945. The van der Waals surface area contributed by atoms with E-state index in [0.29, 0.717) is 38.0 Å². The van der Waals surface area contributed by atoms with E-state index in [1.54, 1.807) is 6.92 Å². The number of carbonyl (C=O) groups is 3. The number of hydrogen-bond acceptors (Lipinski definition) is 6. The van der Waals surface area contributed by atoms with Gasteiger partial charge in [0, 0.05) is 42.9 Å². The summed E-state index contributed by atoms with van der Waals surface area (Å²) in [5, 5.41) is 3.58. The molecule has 2 aliphatic carbocycles. The molecule has 0 heterocycles. The number of esters is 1. The fourth-order valence-electron chi connectivity index (χ4n) is 7.63. The number of allylic oxidation sites excluding steroid dienone is 2. The van der Waals surface area contributed by atoms with Crippen molar-refractivity contribution in [1.82, 2.24) is 10.2 Å². The van der Waals surface area contributed by atoms with E-state index in [-0.39, 0.29) is 22.6 Å². The molecule has 0 aromatic heterocycles. The highest BCUT2D eigenvalue weighted by Crippen LogP contribution is 2.47. The summed E-state index contributed by atoms with van der Waals surface area (Å²) in [6.45, 7) is 26.4. The lowest BCUT2D eigenvalue weighted by molar-refractivity contribution is -0.165. The minimum absolute atomic E-state index is 0.0245. The van der Waals surface area contributed by atoms with E-state index in [4.69, 9.17) is 4.74 Å². The lowest BCUT2D eigenvalue weighted by Crippen LogP contribution is -2.44. The minimum atomic E-state index is -0.558. The number of nitrogens with zero attached hydrogens (tertiary/aromatic N) is 1. The Hall–Kier alpha value is -2.11. The van der Waals surface area contributed by atoms with Gasteiger partial charge < -0.3 is 24.5 Å². The smallest absolute Gasteiger partial charge is 0.312 e. The summed E-state index contributed by atoms with van der Waals surface area (Å²) in [5.74, 6) is 1.71. The molecule has 1 atom stereocenters. The van der Waals surface area contributed by atoms with Crippen LogP contribution in [-0.2, 0) is 19.1 Å². The molecule has 45 heavy (non-hydrogen) atoms. The van der Waals surface area contributed by atoms with Crippen LogP contribution in [0.3, 0.4) is 0 Å². The molecule has 258 valence electrons. The standard InChI is InChI=1S/C39H68N2O4/c1-29(14-15-31(3)43)40-34-20-16-32(17-21-34)27-33-18-22-35(23-19-33)41(30(2)13-11-25-42)24-12-26-45-36(44)39(10,38(7,8)9)28-37(4,5)6/h25,32-35,40H,1-2,11-24,26-28H2,3-10H3. The number of ether oxygens (including phenoxy) is 1. The molecule has 1 unspecified atom stereocenters. The predicted molar refractivity (Wildman–Crippen MR) is 187 cm³/mol. The van der Waals surface area contributed by atoms with Gasteiger partial charge in [-0.2, -0.15) is 0 Å². The van der Waals surface area contributed by atoms with Crippen molar-refractivity contribution in [3.8, 4) is 0 Å². The Morgan fingerprint density at radius 3 is 1.96 bits per heavy atom. The Balaban J connectivity index is 1.85. The molecular formula is C39H68N2O4. The summed E-state index contributed by atoms with van der Waals surface area (Å²) in [5.41, 5.74) is 1.31. The minimum Gasteiger partial charge on any atom is -0.465 e. The normalized spacial score (nSPS) is 23.8. The van der Waals surface area contributed by atoms with Crippen LogP contribution in [-0.4, -0.2) is 48.2 Å². The molecule has 2 fully saturated rings. The Bertz CT molecular complexity index is 974. The van der Waals surface area contributed by atoms with Gasteiger partial charge in [0.1, 0.15) is 12.1 Å². The summed E-state index contributed by atoms with van der Waals surface area (Å²) in [7, 11) is 0. The maximum atomic E-state index is 13.4. The Morgan fingerprint density at radius 1 is 0.867 bits per heavy atom. The van der Waals surface area contributed by atoms with E-state index in [1.165, 1.54) is 44.9 Å². The molecule has 0 radical (unpaired) electrons. The predicted octanol–water partition coefficient (Wildman–Crippen LogP) is 9.18. The molecule has 6 nitrogen and oxygen atoms in total. The lowest BCUT2D eigenvalue weighted by atomic mass is 9.61. The number of aldehydes is 1. The van der Waals surface area contributed by atoms with Crippen LogP contribution in [0, 0.1) is 28.1 Å². The molecule has 2 aliphatic rings. The average Bonchev–Trinajstić information content (AvgIpc) is 2.95. The molecule has 1 N–H and O–H groups in total. The summed E-state index contributed by atoms with van der Waals surface area (Å²) >= 11 is 0. The van der Waals surface area contributed by atoms with Gasteiger partial charge in [-0.15, -0.1) is 0 Å². The zero-order valence-corrected chi connectivity index (χ0v) is 30.4. The van der Waals surface area contributed by atoms with Gasteiger partial charge in [-0.25, -0.2) is 0 Å². The molecule has 0 amide bonds. The molecule has 2 saturated carbocycles. The van der Waals surface area contributed by atoms with E-state index in [1.807, 2.05) is 0 Å². The van der Waals surface area contributed by atoms with Crippen molar-refractivity contribution < 1.29 is 19.1 Å². The molecule has 0 aromatic rings. The van der Waals surface area contributed by atoms with Gasteiger partial charge in [-0.3, -0.25) is 4.79 Å². The molecule has 0 saturated heterocycles. The molecule has 0 spiro atoms. The first kappa shape index (κ1) is 39.1. The lowest BCUT2D eigenvalue weighted by Gasteiger charge is -2.43. The average molecular weight is 629 g/mol. The molecule has 0 aromatic carbocycles. The van der Waals surface area contributed by atoms with E-state index in [9.17, 15) is 14.4 Å². The van der Waals surface area contributed by atoms with Crippen molar-refractivity contribution in [3.63, 3.8) is 0 Å². The SMILES string of the molecule is C=C(CCC(C)=O)NC1CCC(CC2CCC(N(CCCOC(=O)C(C)(CC(C)(C)C)C(C)(C)C)C(=C)CCC=O)CC2)CC1. The molecule has 0 aliphatic heterocycles. The van der Waals surface area contributed by atoms with Gasteiger partial charge in [0.2, 0.25) is 0 Å². The van der Waals surface area contributed by atoms with Crippen LogP contribution < -0.4 is 5.32 Å². The maximum absolute atomic E-state index is 13.4. The number of nitrogens with one attached hydrogen (secondary N) is 1. The quantitative estimate of drug-likeness (QED) is 0.0927. The monoisotopic (exact) mass is 629 g/mol. The highest BCUT2D eigenvalue weighted by molar-refractivity contribution is 5.77. The van der Waals surface area contributed by atoms with Crippen LogP contribution in [0.25, 0.3) is 0 Å². The summed E-state index contributed by atoms with van der Waals surface area (Å²) in [6.07, 6.45) is 16.1. The van der Waals surface area contributed by atoms with Crippen LogP contribution >= 0.6 is 0 Å². The molecule has 0 bridgehead atoms. The Labute approximate surface area is 276 Å². The third kappa shape index (κ3) is 13.3.